The number of aromatic carboxylic acids is 1. The van der Waals surface area contributed by atoms with Gasteiger partial charge in [0.25, 0.3) is 0 Å². The molecule has 7 heteroatoms. The van der Waals surface area contributed by atoms with E-state index < -0.39 is 30.1 Å². The van der Waals surface area contributed by atoms with Gasteiger partial charge in [0.05, 0.1) is 5.56 Å². The van der Waals surface area contributed by atoms with Crippen LogP contribution in [0.3, 0.4) is 0 Å². The maximum absolute atomic E-state index is 12.0. The van der Waals surface area contributed by atoms with Crippen molar-refractivity contribution >= 4 is 11.8 Å². The SMILES string of the molecule is O=C(O)c1ccc2c(c1)C(=O)CCC21OC(O)C(O)C1O. The Morgan fingerprint density at radius 3 is 2.57 bits per heavy atom. The molecule has 7 nitrogen and oxygen atoms in total. The van der Waals surface area contributed by atoms with Gasteiger partial charge in [-0.3, -0.25) is 4.79 Å². The molecule has 1 heterocycles. The molecule has 1 saturated heterocycles. The Bertz CT molecular complexity index is 626. The summed E-state index contributed by atoms with van der Waals surface area (Å²) in [6.45, 7) is 0. The van der Waals surface area contributed by atoms with E-state index in [1.54, 1.807) is 0 Å². The van der Waals surface area contributed by atoms with E-state index in [1.807, 2.05) is 0 Å². The van der Waals surface area contributed by atoms with E-state index in [4.69, 9.17) is 9.84 Å². The fourth-order valence-electron chi connectivity index (χ4n) is 3.06. The van der Waals surface area contributed by atoms with E-state index >= 15 is 0 Å². The van der Waals surface area contributed by atoms with Crippen molar-refractivity contribution in [3.05, 3.63) is 34.9 Å². The van der Waals surface area contributed by atoms with E-state index in [9.17, 15) is 24.9 Å². The average Bonchev–Trinajstić information content (AvgIpc) is 2.68. The van der Waals surface area contributed by atoms with E-state index in [0.29, 0.717) is 5.56 Å². The molecule has 21 heavy (non-hydrogen) atoms. The van der Waals surface area contributed by atoms with Gasteiger partial charge in [-0.15, -0.1) is 0 Å². The van der Waals surface area contributed by atoms with Crippen molar-refractivity contribution in [1.29, 1.82) is 0 Å². The molecule has 0 bridgehead atoms. The summed E-state index contributed by atoms with van der Waals surface area (Å²) in [5, 5.41) is 38.5. The van der Waals surface area contributed by atoms with Gasteiger partial charge in [0.15, 0.2) is 12.1 Å². The summed E-state index contributed by atoms with van der Waals surface area (Å²) < 4.78 is 5.35. The van der Waals surface area contributed by atoms with Crippen molar-refractivity contribution in [2.24, 2.45) is 0 Å². The van der Waals surface area contributed by atoms with Gasteiger partial charge in [-0.05, 0) is 24.1 Å². The van der Waals surface area contributed by atoms with Crippen LogP contribution in [0.15, 0.2) is 18.2 Å². The Morgan fingerprint density at radius 2 is 2.00 bits per heavy atom. The average molecular weight is 294 g/mol. The number of hydrogen-bond donors (Lipinski definition) is 4. The van der Waals surface area contributed by atoms with Gasteiger partial charge < -0.3 is 25.2 Å². The number of carbonyl (C=O) groups excluding carboxylic acids is 1. The predicted molar refractivity (Wildman–Crippen MR) is 67.7 cm³/mol. The number of carboxylic acids is 1. The fraction of sp³-hybridized carbons (Fsp3) is 0.429. The van der Waals surface area contributed by atoms with Crippen LogP contribution in [0.2, 0.25) is 0 Å². The number of carboxylic acid groups (broad SMARTS) is 1. The molecule has 1 aliphatic carbocycles. The van der Waals surface area contributed by atoms with Crippen LogP contribution in [0.4, 0.5) is 0 Å². The van der Waals surface area contributed by atoms with Crippen LogP contribution in [0.5, 0.6) is 0 Å². The number of carbonyl (C=O) groups is 2. The largest absolute Gasteiger partial charge is 0.478 e. The number of ether oxygens (including phenoxy) is 1. The zero-order chi connectivity index (χ0) is 15.4. The Kier molecular flexibility index (Phi) is 3.10. The highest BCUT2D eigenvalue weighted by atomic mass is 16.7. The number of hydrogen-bond acceptors (Lipinski definition) is 6. The molecular formula is C14H14O7. The van der Waals surface area contributed by atoms with E-state index in [0.717, 1.165) is 0 Å². The van der Waals surface area contributed by atoms with Gasteiger partial charge in [0.1, 0.15) is 17.8 Å². The molecular weight excluding hydrogens is 280 g/mol. The lowest BCUT2D eigenvalue weighted by Crippen LogP contribution is -2.44. The summed E-state index contributed by atoms with van der Waals surface area (Å²) in [6, 6.07) is 3.92. The minimum Gasteiger partial charge on any atom is -0.478 e. The maximum Gasteiger partial charge on any atom is 0.335 e. The zero-order valence-corrected chi connectivity index (χ0v) is 10.9. The standard InChI is InChI=1S/C14H14O7/c15-9-3-4-14(11(17)10(16)13(20)21-14)8-2-1-6(12(18)19)5-7(8)9/h1-2,5,10-11,13,16-17,20H,3-4H2,(H,18,19). The third-order valence-electron chi connectivity index (χ3n) is 4.17. The summed E-state index contributed by atoms with van der Waals surface area (Å²) in [4.78, 5) is 23.0. The first-order valence-electron chi connectivity index (χ1n) is 6.50. The van der Waals surface area contributed by atoms with Crippen molar-refractivity contribution in [3.63, 3.8) is 0 Å². The van der Waals surface area contributed by atoms with Crippen LogP contribution in [-0.2, 0) is 10.3 Å². The van der Waals surface area contributed by atoms with Gasteiger partial charge in [-0.25, -0.2) is 4.79 Å². The molecule has 1 fully saturated rings. The molecule has 4 N–H and O–H groups in total. The topological polar surface area (TPSA) is 124 Å². The first kappa shape index (κ1) is 14.2. The lowest BCUT2D eigenvalue weighted by atomic mass is 9.74. The zero-order valence-electron chi connectivity index (χ0n) is 10.9. The highest BCUT2D eigenvalue weighted by Gasteiger charge is 2.57. The number of ketones is 1. The van der Waals surface area contributed by atoms with E-state index in [1.165, 1.54) is 18.2 Å². The Labute approximate surface area is 119 Å². The molecule has 3 rings (SSSR count). The van der Waals surface area contributed by atoms with Gasteiger partial charge in [-0.1, -0.05) is 6.07 Å². The second-order valence-electron chi connectivity index (χ2n) is 5.32. The third-order valence-corrected chi connectivity index (χ3v) is 4.17. The van der Waals surface area contributed by atoms with Crippen LogP contribution in [0.25, 0.3) is 0 Å². The predicted octanol–water partition coefficient (Wildman–Crippen LogP) is -0.373. The second kappa shape index (κ2) is 4.60. The highest BCUT2D eigenvalue weighted by Crippen LogP contribution is 2.47. The lowest BCUT2D eigenvalue weighted by Gasteiger charge is -2.36. The molecule has 0 amide bonds. The quantitative estimate of drug-likeness (QED) is 0.557. The summed E-state index contributed by atoms with van der Waals surface area (Å²) in [5.41, 5.74) is -1.000. The molecule has 112 valence electrons. The van der Waals surface area contributed by atoms with Gasteiger partial charge in [0.2, 0.25) is 0 Å². The summed E-state index contributed by atoms with van der Waals surface area (Å²) >= 11 is 0. The molecule has 4 atom stereocenters. The second-order valence-corrected chi connectivity index (χ2v) is 5.32. The Hall–Kier alpha value is -1.80. The van der Waals surface area contributed by atoms with Gasteiger partial charge in [0, 0.05) is 12.0 Å². The van der Waals surface area contributed by atoms with E-state index in [2.05, 4.69) is 0 Å². The lowest BCUT2D eigenvalue weighted by molar-refractivity contribution is -0.169. The first-order chi connectivity index (χ1) is 9.86. The number of fused-ring (bicyclic) bond motifs is 2. The van der Waals surface area contributed by atoms with Crippen molar-refractivity contribution in [3.8, 4) is 0 Å². The van der Waals surface area contributed by atoms with Crippen LogP contribution >= 0.6 is 0 Å². The highest BCUT2D eigenvalue weighted by molar-refractivity contribution is 6.01. The monoisotopic (exact) mass is 294 g/mol. The molecule has 0 radical (unpaired) electrons. The van der Waals surface area contributed by atoms with E-state index in [-0.39, 0.29) is 29.8 Å². The van der Waals surface area contributed by atoms with Crippen LogP contribution in [0, 0.1) is 0 Å². The molecule has 1 spiro atoms. The molecule has 0 aromatic heterocycles. The van der Waals surface area contributed by atoms with Crippen molar-refractivity contribution in [2.45, 2.75) is 36.9 Å². The Balaban J connectivity index is 2.16. The molecule has 1 aromatic rings. The molecule has 1 aromatic carbocycles. The number of rotatable bonds is 1. The normalized spacial score (nSPS) is 35.0. The van der Waals surface area contributed by atoms with Crippen molar-refractivity contribution < 1.29 is 34.8 Å². The summed E-state index contributed by atoms with van der Waals surface area (Å²) in [5.74, 6) is -1.43. The van der Waals surface area contributed by atoms with Crippen LogP contribution in [-0.4, -0.2) is 50.7 Å². The fourth-order valence-corrected chi connectivity index (χ4v) is 3.06. The molecule has 2 aliphatic rings. The van der Waals surface area contributed by atoms with Crippen molar-refractivity contribution in [2.75, 3.05) is 0 Å². The number of aliphatic hydroxyl groups excluding tert-OH is 3. The summed E-state index contributed by atoms with van der Waals surface area (Å²) in [7, 11) is 0. The summed E-state index contributed by atoms with van der Waals surface area (Å²) in [6.07, 6.45) is -4.28. The minimum absolute atomic E-state index is 0.0343. The molecule has 0 saturated carbocycles. The third kappa shape index (κ3) is 1.90. The molecule has 1 aliphatic heterocycles. The minimum atomic E-state index is -1.56. The smallest absolute Gasteiger partial charge is 0.335 e. The number of aliphatic hydroxyl groups is 3. The maximum atomic E-state index is 12.0. The Morgan fingerprint density at radius 1 is 1.29 bits per heavy atom. The molecule has 4 unspecified atom stereocenters. The number of Topliss-reactive ketones (excluding diaryl/α,β-unsaturated/α-hetero) is 1. The van der Waals surface area contributed by atoms with Crippen LogP contribution < -0.4 is 0 Å². The van der Waals surface area contributed by atoms with Crippen molar-refractivity contribution in [1.82, 2.24) is 0 Å². The van der Waals surface area contributed by atoms with Gasteiger partial charge >= 0.3 is 5.97 Å². The number of benzene rings is 1. The first-order valence-corrected chi connectivity index (χ1v) is 6.50. The van der Waals surface area contributed by atoms with Gasteiger partial charge in [-0.2, -0.15) is 0 Å². The van der Waals surface area contributed by atoms with Crippen LogP contribution in [0.1, 0.15) is 39.1 Å².